The molecule has 0 bridgehead atoms. The fourth-order valence-electron chi connectivity index (χ4n) is 3.05. The van der Waals surface area contributed by atoms with Crippen molar-refractivity contribution in [3.05, 3.63) is 72.6 Å². The van der Waals surface area contributed by atoms with Gasteiger partial charge in [-0.15, -0.1) is 6.58 Å². The first-order chi connectivity index (χ1) is 13.4. The average molecular weight is 403 g/mol. The monoisotopic (exact) mass is 403 g/mol. The summed E-state index contributed by atoms with van der Waals surface area (Å²) in [6.45, 7) is 5.85. The molecule has 0 unspecified atom stereocenters. The molecular formula is C20H22FN3O3S. The first kappa shape index (κ1) is 20.0. The van der Waals surface area contributed by atoms with Crippen molar-refractivity contribution in [1.82, 2.24) is 9.62 Å². The van der Waals surface area contributed by atoms with Crippen molar-refractivity contribution in [3.8, 4) is 0 Å². The molecule has 2 aromatic rings. The summed E-state index contributed by atoms with van der Waals surface area (Å²) >= 11 is 0. The van der Waals surface area contributed by atoms with E-state index < -0.39 is 10.0 Å². The fraction of sp³-hybridized carbons (Fsp3) is 0.250. The van der Waals surface area contributed by atoms with Gasteiger partial charge in [0.15, 0.2) is 0 Å². The van der Waals surface area contributed by atoms with Crippen LogP contribution < -0.4 is 9.62 Å². The van der Waals surface area contributed by atoms with E-state index in [1.165, 1.54) is 30.3 Å². The molecule has 0 aromatic heterocycles. The Hall–Kier alpha value is -2.71. The number of hydrogen-bond donors (Lipinski definition) is 1. The maximum Gasteiger partial charge on any atom is 0.254 e. The molecule has 1 amide bonds. The van der Waals surface area contributed by atoms with Gasteiger partial charge in [-0.05, 0) is 42.5 Å². The van der Waals surface area contributed by atoms with Crippen LogP contribution in [-0.2, 0) is 10.0 Å². The molecule has 1 saturated heterocycles. The van der Waals surface area contributed by atoms with Gasteiger partial charge >= 0.3 is 0 Å². The van der Waals surface area contributed by atoms with Crippen molar-refractivity contribution in [1.29, 1.82) is 0 Å². The molecule has 28 heavy (non-hydrogen) atoms. The third kappa shape index (κ3) is 4.58. The lowest BCUT2D eigenvalue weighted by molar-refractivity contribution is 0.0746. The van der Waals surface area contributed by atoms with Crippen LogP contribution in [-0.4, -0.2) is 51.9 Å². The van der Waals surface area contributed by atoms with E-state index in [9.17, 15) is 17.6 Å². The number of amides is 1. The smallest absolute Gasteiger partial charge is 0.254 e. The van der Waals surface area contributed by atoms with Gasteiger partial charge in [0.05, 0.1) is 4.90 Å². The van der Waals surface area contributed by atoms with E-state index in [1.54, 1.807) is 29.2 Å². The Kier molecular flexibility index (Phi) is 6.11. The van der Waals surface area contributed by atoms with Crippen LogP contribution in [0, 0.1) is 5.82 Å². The molecule has 0 atom stereocenters. The molecule has 1 aliphatic rings. The van der Waals surface area contributed by atoms with Crippen molar-refractivity contribution in [2.24, 2.45) is 0 Å². The van der Waals surface area contributed by atoms with E-state index >= 15 is 0 Å². The van der Waals surface area contributed by atoms with Gasteiger partial charge in [0, 0.05) is 44.0 Å². The molecule has 2 aromatic carbocycles. The van der Waals surface area contributed by atoms with Crippen LogP contribution in [0.5, 0.6) is 0 Å². The number of nitrogens with one attached hydrogen (secondary N) is 1. The number of halogens is 1. The Bertz CT molecular complexity index is 953. The van der Waals surface area contributed by atoms with Gasteiger partial charge in [-0.3, -0.25) is 4.79 Å². The number of anilines is 1. The summed E-state index contributed by atoms with van der Waals surface area (Å²) in [5.74, 6) is -0.491. The molecule has 1 N–H and O–H groups in total. The molecule has 0 saturated carbocycles. The Balaban J connectivity index is 1.67. The van der Waals surface area contributed by atoms with Crippen LogP contribution in [0.2, 0.25) is 0 Å². The first-order valence-electron chi connectivity index (χ1n) is 8.91. The Morgan fingerprint density at radius 2 is 1.79 bits per heavy atom. The number of sulfonamides is 1. The molecule has 0 spiro atoms. The molecule has 6 nitrogen and oxygen atoms in total. The molecule has 8 heteroatoms. The second-order valence-corrected chi connectivity index (χ2v) is 8.19. The van der Waals surface area contributed by atoms with Crippen LogP contribution in [0.25, 0.3) is 0 Å². The van der Waals surface area contributed by atoms with Gasteiger partial charge in [0.1, 0.15) is 5.82 Å². The zero-order valence-electron chi connectivity index (χ0n) is 15.3. The fourth-order valence-corrected chi connectivity index (χ4v) is 4.09. The second-order valence-electron chi connectivity index (χ2n) is 6.42. The molecule has 3 rings (SSSR count). The van der Waals surface area contributed by atoms with Gasteiger partial charge in [-0.25, -0.2) is 17.5 Å². The Morgan fingerprint density at radius 3 is 2.43 bits per heavy atom. The van der Waals surface area contributed by atoms with E-state index in [0.717, 1.165) is 5.69 Å². The van der Waals surface area contributed by atoms with Crippen molar-refractivity contribution in [2.75, 3.05) is 37.6 Å². The van der Waals surface area contributed by atoms with Crippen LogP contribution in [0.3, 0.4) is 0 Å². The summed E-state index contributed by atoms with van der Waals surface area (Å²) < 4.78 is 40.0. The number of piperazine rings is 1. The third-order valence-corrected chi connectivity index (χ3v) is 5.99. The lowest BCUT2D eigenvalue weighted by Gasteiger charge is -2.36. The van der Waals surface area contributed by atoms with Gasteiger partial charge in [0.2, 0.25) is 10.0 Å². The highest BCUT2D eigenvalue weighted by Gasteiger charge is 2.23. The van der Waals surface area contributed by atoms with Crippen molar-refractivity contribution in [2.45, 2.75) is 4.90 Å². The van der Waals surface area contributed by atoms with Crippen molar-refractivity contribution in [3.63, 3.8) is 0 Å². The predicted molar refractivity (Wildman–Crippen MR) is 106 cm³/mol. The maximum absolute atomic E-state index is 13.1. The zero-order chi connectivity index (χ0) is 20.1. The van der Waals surface area contributed by atoms with Gasteiger partial charge in [0.25, 0.3) is 5.91 Å². The Morgan fingerprint density at radius 1 is 1.11 bits per heavy atom. The molecular weight excluding hydrogens is 381 g/mol. The molecule has 1 aliphatic heterocycles. The van der Waals surface area contributed by atoms with Gasteiger partial charge < -0.3 is 9.80 Å². The quantitative estimate of drug-likeness (QED) is 0.751. The largest absolute Gasteiger partial charge is 0.368 e. The highest BCUT2D eigenvalue weighted by molar-refractivity contribution is 7.89. The second kappa shape index (κ2) is 8.53. The summed E-state index contributed by atoms with van der Waals surface area (Å²) in [7, 11) is -3.69. The standard InChI is InChI=1S/C20H22FN3O3S/c1-2-10-22-28(26,27)19-5-3-4-16(15-19)20(25)24-13-11-23(12-14-24)18-8-6-17(21)7-9-18/h2-9,15,22H,1,10-14H2. The minimum absolute atomic E-state index is 0.0464. The minimum atomic E-state index is -3.69. The molecule has 148 valence electrons. The summed E-state index contributed by atoms with van der Waals surface area (Å²) in [6.07, 6.45) is 1.45. The highest BCUT2D eigenvalue weighted by atomic mass is 32.2. The van der Waals surface area contributed by atoms with Crippen LogP contribution >= 0.6 is 0 Å². The van der Waals surface area contributed by atoms with Crippen molar-refractivity contribution < 1.29 is 17.6 Å². The van der Waals surface area contributed by atoms with Crippen LogP contribution in [0.1, 0.15) is 10.4 Å². The van der Waals surface area contributed by atoms with E-state index in [1.807, 2.05) is 0 Å². The molecule has 0 radical (unpaired) electrons. The lowest BCUT2D eigenvalue weighted by Crippen LogP contribution is -2.48. The highest BCUT2D eigenvalue weighted by Crippen LogP contribution is 2.19. The maximum atomic E-state index is 13.1. The number of nitrogens with zero attached hydrogens (tertiary/aromatic N) is 2. The summed E-state index contributed by atoms with van der Waals surface area (Å²) in [5, 5.41) is 0. The normalized spacial score (nSPS) is 14.8. The van der Waals surface area contributed by atoms with Gasteiger partial charge in [-0.1, -0.05) is 12.1 Å². The zero-order valence-corrected chi connectivity index (χ0v) is 16.2. The number of rotatable bonds is 6. The topological polar surface area (TPSA) is 69.7 Å². The van der Waals surface area contributed by atoms with E-state index in [0.29, 0.717) is 31.7 Å². The number of carbonyl (C=O) groups is 1. The van der Waals surface area contributed by atoms with Crippen molar-refractivity contribution >= 4 is 21.6 Å². The minimum Gasteiger partial charge on any atom is -0.368 e. The number of carbonyl (C=O) groups excluding carboxylic acids is 1. The predicted octanol–water partition coefficient (Wildman–Crippen LogP) is 2.25. The number of hydrogen-bond acceptors (Lipinski definition) is 4. The summed E-state index contributed by atoms with van der Waals surface area (Å²) in [6, 6.07) is 12.3. The van der Waals surface area contributed by atoms with Crippen LogP contribution in [0.4, 0.5) is 10.1 Å². The number of benzene rings is 2. The van der Waals surface area contributed by atoms with Gasteiger partial charge in [-0.2, -0.15) is 0 Å². The van der Waals surface area contributed by atoms with E-state index in [2.05, 4.69) is 16.2 Å². The first-order valence-corrected chi connectivity index (χ1v) is 10.4. The third-order valence-electron chi connectivity index (χ3n) is 4.57. The molecule has 1 heterocycles. The molecule has 0 aliphatic carbocycles. The summed E-state index contributed by atoms with van der Waals surface area (Å²) in [4.78, 5) is 16.6. The van der Waals surface area contributed by atoms with E-state index in [4.69, 9.17) is 0 Å². The van der Waals surface area contributed by atoms with E-state index in [-0.39, 0.29) is 23.2 Å². The average Bonchev–Trinajstić information content (AvgIpc) is 2.72. The summed E-state index contributed by atoms with van der Waals surface area (Å²) in [5.41, 5.74) is 1.24. The Labute approximate surface area is 164 Å². The molecule has 1 fully saturated rings. The SMILES string of the molecule is C=CCNS(=O)(=O)c1cccc(C(=O)N2CCN(c3ccc(F)cc3)CC2)c1. The lowest BCUT2D eigenvalue weighted by atomic mass is 10.1. The van der Waals surface area contributed by atoms with Crippen LogP contribution in [0.15, 0.2) is 66.1 Å².